The summed E-state index contributed by atoms with van der Waals surface area (Å²) >= 11 is 12.0. The molecule has 3 rings (SSSR count). The number of carbonyl (C=O) groups is 2. The number of oxazole rings is 1. The van der Waals surface area contributed by atoms with E-state index in [2.05, 4.69) is 15.8 Å². The first kappa shape index (κ1) is 21.7. The quantitative estimate of drug-likeness (QED) is 0.531. The van der Waals surface area contributed by atoms with Crippen LogP contribution in [0.3, 0.4) is 0 Å². The third kappa shape index (κ3) is 6.23. The van der Waals surface area contributed by atoms with Gasteiger partial charge in [-0.1, -0.05) is 40.9 Å². The fourth-order valence-electron chi connectivity index (χ4n) is 2.48. The number of ether oxygens (including phenoxy) is 1. The van der Waals surface area contributed by atoms with Crippen LogP contribution in [-0.4, -0.2) is 23.4 Å². The first-order chi connectivity index (χ1) is 14.4. The van der Waals surface area contributed by atoms with E-state index in [4.69, 9.17) is 32.4 Å². The Balaban J connectivity index is 1.41. The fraction of sp³-hybridized carbons (Fsp3) is 0.190. The summed E-state index contributed by atoms with van der Waals surface area (Å²) in [5.41, 5.74) is 6.38. The molecule has 1 aromatic heterocycles. The van der Waals surface area contributed by atoms with Gasteiger partial charge in [-0.15, -0.1) is 0 Å². The van der Waals surface area contributed by atoms with Crippen molar-refractivity contribution < 1.29 is 18.7 Å². The summed E-state index contributed by atoms with van der Waals surface area (Å²) in [7, 11) is 0. The number of halogens is 2. The minimum absolute atomic E-state index is 0.0768. The van der Waals surface area contributed by atoms with Crippen LogP contribution in [0.2, 0.25) is 10.0 Å². The van der Waals surface area contributed by atoms with Crippen molar-refractivity contribution in [2.75, 3.05) is 6.61 Å². The lowest BCUT2D eigenvalue weighted by molar-refractivity contribution is -0.130. The lowest BCUT2D eigenvalue weighted by Gasteiger charge is -2.08. The number of aromatic nitrogens is 1. The molecule has 0 radical (unpaired) electrons. The van der Waals surface area contributed by atoms with Crippen LogP contribution in [0, 0.1) is 6.92 Å². The van der Waals surface area contributed by atoms with Gasteiger partial charge in [0.25, 0.3) is 5.91 Å². The molecule has 2 aromatic carbocycles. The summed E-state index contributed by atoms with van der Waals surface area (Å²) in [6.45, 7) is 1.74. The second-order valence-corrected chi connectivity index (χ2v) is 7.28. The molecule has 2 N–H and O–H groups in total. The summed E-state index contributed by atoms with van der Waals surface area (Å²) in [5, 5.41) is 0.963. The Kier molecular flexibility index (Phi) is 7.32. The van der Waals surface area contributed by atoms with E-state index in [1.54, 1.807) is 30.3 Å². The summed E-state index contributed by atoms with van der Waals surface area (Å²) < 4.78 is 11.0. The molecule has 30 heavy (non-hydrogen) atoms. The van der Waals surface area contributed by atoms with Gasteiger partial charge in [0.05, 0.1) is 11.2 Å². The maximum atomic E-state index is 11.9. The largest absolute Gasteiger partial charge is 0.484 e. The van der Waals surface area contributed by atoms with Crippen LogP contribution in [0.15, 0.2) is 53.1 Å². The standard InChI is InChI=1S/C21H19Cl2N3O4/c1-13-2-5-15(6-3-13)29-12-20(28)26-25-19(27)8-9-21-24-11-18(30-21)16-7-4-14(22)10-17(16)23/h2-7,10-11H,8-9,12H2,1H3,(H,25,27)(H,26,28). The molecule has 156 valence electrons. The number of aryl methyl sites for hydroxylation is 2. The fourth-order valence-corrected chi connectivity index (χ4v) is 2.98. The number of hydrogen-bond acceptors (Lipinski definition) is 5. The lowest BCUT2D eigenvalue weighted by atomic mass is 10.2. The Morgan fingerprint density at radius 2 is 1.80 bits per heavy atom. The Morgan fingerprint density at radius 3 is 2.53 bits per heavy atom. The first-order valence-corrected chi connectivity index (χ1v) is 9.83. The normalized spacial score (nSPS) is 10.5. The molecule has 0 saturated heterocycles. The van der Waals surface area contributed by atoms with E-state index < -0.39 is 5.91 Å². The Morgan fingerprint density at radius 1 is 1.07 bits per heavy atom. The van der Waals surface area contributed by atoms with Gasteiger partial charge in [-0.3, -0.25) is 20.4 Å². The highest BCUT2D eigenvalue weighted by Gasteiger charge is 2.12. The molecule has 0 unspecified atom stereocenters. The number of nitrogens with zero attached hydrogens (tertiary/aromatic N) is 1. The molecular weight excluding hydrogens is 429 g/mol. The molecule has 0 atom stereocenters. The zero-order chi connectivity index (χ0) is 21.5. The molecule has 0 aliphatic rings. The highest BCUT2D eigenvalue weighted by Crippen LogP contribution is 2.30. The molecule has 2 amide bonds. The van der Waals surface area contributed by atoms with Crippen molar-refractivity contribution in [3.05, 3.63) is 70.2 Å². The van der Waals surface area contributed by atoms with Crippen molar-refractivity contribution >= 4 is 35.0 Å². The Labute approximate surface area is 183 Å². The second kappa shape index (κ2) is 10.1. The van der Waals surface area contributed by atoms with Crippen LogP contribution in [0.4, 0.5) is 0 Å². The molecule has 1 heterocycles. The molecule has 0 fully saturated rings. The number of hydrogen-bond donors (Lipinski definition) is 2. The number of hydrazine groups is 1. The number of amides is 2. The molecule has 0 bridgehead atoms. The summed E-state index contributed by atoms with van der Waals surface area (Å²) in [5.74, 6) is 0.569. The van der Waals surface area contributed by atoms with Gasteiger partial charge in [-0.05, 0) is 37.3 Å². The maximum Gasteiger partial charge on any atom is 0.276 e. The van der Waals surface area contributed by atoms with Crippen LogP contribution in [0.25, 0.3) is 11.3 Å². The Hall–Kier alpha value is -3.03. The van der Waals surface area contributed by atoms with Crippen LogP contribution < -0.4 is 15.6 Å². The third-order valence-electron chi connectivity index (χ3n) is 4.05. The minimum Gasteiger partial charge on any atom is -0.484 e. The lowest BCUT2D eigenvalue weighted by Crippen LogP contribution is -2.43. The number of nitrogens with one attached hydrogen (secondary N) is 2. The van der Waals surface area contributed by atoms with E-state index in [-0.39, 0.29) is 25.4 Å². The predicted molar refractivity (Wildman–Crippen MR) is 113 cm³/mol. The first-order valence-electron chi connectivity index (χ1n) is 9.08. The van der Waals surface area contributed by atoms with Crippen molar-refractivity contribution in [1.29, 1.82) is 0 Å². The van der Waals surface area contributed by atoms with Crippen LogP contribution in [0.1, 0.15) is 17.9 Å². The van der Waals surface area contributed by atoms with Gasteiger partial charge >= 0.3 is 0 Å². The van der Waals surface area contributed by atoms with E-state index in [1.807, 2.05) is 19.1 Å². The molecule has 7 nitrogen and oxygen atoms in total. The summed E-state index contributed by atoms with van der Waals surface area (Å²) in [6, 6.07) is 12.3. The van der Waals surface area contributed by atoms with Crippen molar-refractivity contribution in [2.24, 2.45) is 0 Å². The number of benzene rings is 2. The zero-order valence-corrected chi connectivity index (χ0v) is 17.6. The van der Waals surface area contributed by atoms with Crippen molar-refractivity contribution in [2.45, 2.75) is 19.8 Å². The van der Waals surface area contributed by atoms with Gasteiger partial charge in [0.1, 0.15) is 5.75 Å². The third-order valence-corrected chi connectivity index (χ3v) is 4.60. The van der Waals surface area contributed by atoms with E-state index >= 15 is 0 Å². The van der Waals surface area contributed by atoms with Gasteiger partial charge in [0, 0.05) is 23.4 Å². The monoisotopic (exact) mass is 447 g/mol. The summed E-state index contributed by atoms with van der Waals surface area (Å²) in [6.07, 6.45) is 1.87. The van der Waals surface area contributed by atoms with Crippen LogP contribution in [-0.2, 0) is 16.0 Å². The highest BCUT2D eigenvalue weighted by atomic mass is 35.5. The molecule has 0 aliphatic carbocycles. The highest BCUT2D eigenvalue weighted by molar-refractivity contribution is 6.36. The van der Waals surface area contributed by atoms with E-state index in [9.17, 15) is 9.59 Å². The van der Waals surface area contributed by atoms with Crippen molar-refractivity contribution in [3.63, 3.8) is 0 Å². The zero-order valence-electron chi connectivity index (χ0n) is 16.1. The average molecular weight is 448 g/mol. The number of rotatable bonds is 7. The number of carbonyl (C=O) groups excluding carboxylic acids is 2. The summed E-state index contributed by atoms with van der Waals surface area (Å²) in [4.78, 5) is 27.9. The van der Waals surface area contributed by atoms with Gasteiger partial charge in [-0.25, -0.2) is 4.98 Å². The van der Waals surface area contributed by atoms with Crippen molar-refractivity contribution in [1.82, 2.24) is 15.8 Å². The van der Waals surface area contributed by atoms with Crippen LogP contribution >= 0.6 is 23.2 Å². The van der Waals surface area contributed by atoms with Gasteiger partial charge in [-0.2, -0.15) is 0 Å². The minimum atomic E-state index is -0.472. The van der Waals surface area contributed by atoms with E-state index in [0.29, 0.717) is 33.0 Å². The van der Waals surface area contributed by atoms with Gasteiger partial charge < -0.3 is 9.15 Å². The molecule has 3 aromatic rings. The van der Waals surface area contributed by atoms with E-state index in [1.165, 1.54) is 6.20 Å². The molecule has 0 saturated carbocycles. The SMILES string of the molecule is Cc1ccc(OCC(=O)NNC(=O)CCc2ncc(-c3ccc(Cl)cc3Cl)o2)cc1. The smallest absolute Gasteiger partial charge is 0.276 e. The van der Waals surface area contributed by atoms with Crippen LogP contribution in [0.5, 0.6) is 5.75 Å². The topological polar surface area (TPSA) is 93.5 Å². The van der Waals surface area contributed by atoms with Crippen molar-refractivity contribution in [3.8, 4) is 17.1 Å². The average Bonchev–Trinajstić information content (AvgIpc) is 3.19. The molecule has 9 heteroatoms. The maximum absolute atomic E-state index is 11.9. The van der Waals surface area contributed by atoms with E-state index in [0.717, 1.165) is 5.56 Å². The van der Waals surface area contributed by atoms with Gasteiger partial charge in [0.15, 0.2) is 18.3 Å². The van der Waals surface area contributed by atoms with Gasteiger partial charge in [0.2, 0.25) is 5.91 Å². The Bertz CT molecular complexity index is 1030. The molecule has 0 aliphatic heterocycles. The molecular formula is C21H19Cl2N3O4. The second-order valence-electron chi connectivity index (χ2n) is 6.44. The molecule has 0 spiro atoms. The predicted octanol–water partition coefficient (Wildman–Crippen LogP) is 4.12.